The van der Waals surface area contributed by atoms with Crippen molar-refractivity contribution in [3.63, 3.8) is 0 Å². The summed E-state index contributed by atoms with van der Waals surface area (Å²) in [5.74, 6) is 0.310. The zero-order valence-corrected chi connectivity index (χ0v) is 12.4. The molecule has 1 aromatic heterocycles. The van der Waals surface area contributed by atoms with Crippen molar-refractivity contribution in [1.29, 1.82) is 0 Å². The molecule has 0 spiro atoms. The molecule has 0 bridgehead atoms. The first kappa shape index (κ1) is 15.5. The summed E-state index contributed by atoms with van der Waals surface area (Å²) in [5, 5.41) is 12.2. The van der Waals surface area contributed by atoms with Gasteiger partial charge in [-0.25, -0.2) is 4.98 Å². The lowest BCUT2D eigenvalue weighted by Crippen LogP contribution is -2.34. The Hall–Kier alpha value is -1.85. The van der Waals surface area contributed by atoms with Crippen molar-refractivity contribution < 1.29 is 14.3 Å². The zero-order chi connectivity index (χ0) is 15.2. The first-order valence-electron chi connectivity index (χ1n) is 6.69. The van der Waals surface area contributed by atoms with Crippen LogP contribution in [-0.2, 0) is 11.2 Å². The maximum atomic E-state index is 11.8. The fourth-order valence-electron chi connectivity index (χ4n) is 1.87. The molecular weight excluding hydrogens is 292 g/mol. The van der Waals surface area contributed by atoms with Crippen molar-refractivity contribution in [2.24, 2.45) is 0 Å². The minimum Gasteiger partial charge on any atom is -0.444 e. The molecule has 21 heavy (non-hydrogen) atoms. The molecule has 0 saturated carbocycles. The average molecular weight is 309 g/mol. The summed E-state index contributed by atoms with van der Waals surface area (Å²) in [5.41, 5.74) is 1.37. The summed E-state index contributed by atoms with van der Waals surface area (Å²) in [6.07, 6.45) is 2.15. The number of benzene rings is 1. The molecule has 0 aliphatic rings. The van der Waals surface area contributed by atoms with E-state index in [1.54, 1.807) is 24.3 Å². The van der Waals surface area contributed by atoms with E-state index < -0.39 is 0 Å². The highest BCUT2D eigenvalue weighted by atomic mass is 35.5. The minimum atomic E-state index is -0.146. The monoisotopic (exact) mass is 308 g/mol. The molecule has 0 radical (unpaired) electrons. The summed E-state index contributed by atoms with van der Waals surface area (Å²) in [6.45, 7) is 1.89. The third kappa shape index (κ3) is 4.58. The Balaban J connectivity index is 1.97. The molecule has 1 heterocycles. The van der Waals surface area contributed by atoms with Gasteiger partial charge in [-0.1, -0.05) is 11.6 Å². The van der Waals surface area contributed by atoms with Crippen LogP contribution in [0.25, 0.3) is 11.5 Å². The number of nitrogens with zero attached hydrogens (tertiary/aromatic N) is 1. The standard InChI is InChI=1S/C15H17ClN2O3/c1-10(6-7-19)17-14(20)8-13-9-21-15(18-13)11-2-4-12(16)5-3-11/h2-5,9-10,19H,6-8H2,1H3,(H,17,20). The van der Waals surface area contributed by atoms with E-state index in [2.05, 4.69) is 10.3 Å². The normalized spacial score (nSPS) is 12.1. The Morgan fingerprint density at radius 1 is 1.43 bits per heavy atom. The highest BCUT2D eigenvalue weighted by molar-refractivity contribution is 6.30. The van der Waals surface area contributed by atoms with E-state index >= 15 is 0 Å². The molecule has 0 fully saturated rings. The number of oxazole rings is 1. The van der Waals surface area contributed by atoms with Crippen molar-refractivity contribution in [2.75, 3.05) is 6.61 Å². The van der Waals surface area contributed by atoms with Crippen LogP contribution >= 0.6 is 11.6 Å². The van der Waals surface area contributed by atoms with Gasteiger partial charge in [0.1, 0.15) is 6.26 Å². The Labute approximate surface area is 128 Å². The largest absolute Gasteiger partial charge is 0.444 e. The number of carbonyl (C=O) groups excluding carboxylic acids is 1. The SMILES string of the molecule is CC(CCO)NC(=O)Cc1coc(-c2ccc(Cl)cc2)n1. The summed E-state index contributed by atoms with van der Waals surface area (Å²) < 4.78 is 5.37. The van der Waals surface area contributed by atoms with Crippen LogP contribution in [0.4, 0.5) is 0 Å². The van der Waals surface area contributed by atoms with Crippen molar-refractivity contribution in [1.82, 2.24) is 10.3 Å². The second-order valence-corrected chi connectivity index (χ2v) is 5.24. The van der Waals surface area contributed by atoms with Gasteiger partial charge < -0.3 is 14.8 Å². The van der Waals surface area contributed by atoms with Gasteiger partial charge >= 0.3 is 0 Å². The summed E-state index contributed by atoms with van der Waals surface area (Å²) in [7, 11) is 0. The van der Waals surface area contributed by atoms with E-state index in [4.69, 9.17) is 21.1 Å². The quantitative estimate of drug-likeness (QED) is 0.859. The fourth-order valence-corrected chi connectivity index (χ4v) is 2.00. The van der Waals surface area contributed by atoms with Gasteiger partial charge in [0.05, 0.1) is 12.1 Å². The van der Waals surface area contributed by atoms with E-state index in [1.165, 1.54) is 6.26 Å². The van der Waals surface area contributed by atoms with E-state index in [1.807, 2.05) is 6.92 Å². The fraction of sp³-hybridized carbons (Fsp3) is 0.333. The Morgan fingerprint density at radius 2 is 2.14 bits per heavy atom. The lowest BCUT2D eigenvalue weighted by atomic mass is 10.2. The van der Waals surface area contributed by atoms with E-state index in [9.17, 15) is 4.79 Å². The number of halogens is 1. The van der Waals surface area contributed by atoms with Crippen LogP contribution in [0.1, 0.15) is 19.0 Å². The molecule has 2 rings (SSSR count). The number of hydrogen-bond donors (Lipinski definition) is 2. The summed E-state index contributed by atoms with van der Waals surface area (Å²) in [4.78, 5) is 16.1. The van der Waals surface area contributed by atoms with Gasteiger partial charge in [-0.05, 0) is 37.6 Å². The molecular formula is C15H17ClN2O3. The minimum absolute atomic E-state index is 0.0477. The van der Waals surface area contributed by atoms with Gasteiger partial charge in [0, 0.05) is 23.2 Å². The summed E-state index contributed by atoms with van der Waals surface area (Å²) >= 11 is 5.83. The van der Waals surface area contributed by atoms with E-state index in [0.717, 1.165) is 5.56 Å². The number of rotatable bonds is 6. The predicted octanol–water partition coefficient (Wildman–Crippen LogP) is 2.42. The van der Waals surface area contributed by atoms with Crippen molar-refractivity contribution in [3.8, 4) is 11.5 Å². The first-order valence-corrected chi connectivity index (χ1v) is 7.07. The average Bonchev–Trinajstić information content (AvgIpc) is 2.88. The molecule has 0 aliphatic carbocycles. The molecule has 6 heteroatoms. The number of amides is 1. The third-order valence-electron chi connectivity index (χ3n) is 2.95. The molecule has 2 aromatic rings. The zero-order valence-electron chi connectivity index (χ0n) is 11.7. The van der Waals surface area contributed by atoms with Crippen LogP contribution in [0, 0.1) is 0 Å². The number of aromatic nitrogens is 1. The van der Waals surface area contributed by atoms with E-state index in [0.29, 0.717) is 23.0 Å². The molecule has 1 unspecified atom stereocenters. The van der Waals surface area contributed by atoms with Crippen molar-refractivity contribution in [2.45, 2.75) is 25.8 Å². The highest BCUT2D eigenvalue weighted by Crippen LogP contribution is 2.20. The van der Waals surface area contributed by atoms with Crippen LogP contribution in [-0.4, -0.2) is 28.6 Å². The molecule has 0 aliphatic heterocycles. The predicted molar refractivity (Wildman–Crippen MR) is 80.0 cm³/mol. The number of aliphatic hydroxyl groups excluding tert-OH is 1. The van der Waals surface area contributed by atoms with Crippen LogP contribution in [0.15, 0.2) is 34.9 Å². The molecule has 5 nitrogen and oxygen atoms in total. The van der Waals surface area contributed by atoms with E-state index in [-0.39, 0.29) is 25.0 Å². The van der Waals surface area contributed by atoms with Gasteiger partial charge in [0.2, 0.25) is 11.8 Å². The van der Waals surface area contributed by atoms with Crippen LogP contribution < -0.4 is 5.32 Å². The maximum Gasteiger partial charge on any atom is 0.226 e. The molecule has 1 atom stereocenters. The molecule has 112 valence electrons. The van der Waals surface area contributed by atoms with Crippen molar-refractivity contribution in [3.05, 3.63) is 41.2 Å². The van der Waals surface area contributed by atoms with Crippen LogP contribution in [0.5, 0.6) is 0 Å². The first-order chi connectivity index (χ1) is 10.1. The molecule has 2 N–H and O–H groups in total. The smallest absolute Gasteiger partial charge is 0.226 e. The van der Waals surface area contributed by atoms with Crippen LogP contribution in [0.2, 0.25) is 5.02 Å². The van der Waals surface area contributed by atoms with Crippen LogP contribution in [0.3, 0.4) is 0 Å². The van der Waals surface area contributed by atoms with Gasteiger partial charge in [0.15, 0.2) is 0 Å². The maximum absolute atomic E-state index is 11.8. The molecule has 1 aromatic carbocycles. The van der Waals surface area contributed by atoms with Crippen molar-refractivity contribution >= 4 is 17.5 Å². The second-order valence-electron chi connectivity index (χ2n) is 4.81. The van der Waals surface area contributed by atoms with Gasteiger partial charge in [-0.15, -0.1) is 0 Å². The lowest BCUT2D eigenvalue weighted by Gasteiger charge is -2.11. The highest BCUT2D eigenvalue weighted by Gasteiger charge is 2.12. The Kier molecular flexibility index (Phi) is 5.36. The van der Waals surface area contributed by atoms with Gasteiger partial charge in [-0.3, -0.25) is 4.79 Å². The lowest BCUT2D eigenvalue weighted by molar-refractivity contribution is -0.121. The second kappa shape index (κ2) is 7.24. The number of hydrogen-bond acceptors (Lipinski definition) is 4. The van der Waals surface area contributed by atoms with Gasteiger partial charge in [0.25, 0.3) is 0 Å². The molecule has 0 saturated heterocycles. The number of carbonyl (C=O) groups is 1. The topological polar surface area (TPSA) is 75.4 Å². The van der Waals surface area contributed by atoms with Gasteiger partial charge in [-0.2, -0.15) is 0 Å². The molecule has 1 amide bonds. The summed E-state index contributed by atoms with van der Waals surface area (Å²) in [6, 6.07) is 7.06. The third-order valence-corrected chi connectivity index (χ3v) is 3.21. The Morgan fingerprint density at radius 3 is 2.81 bits per heavy atom. The Bertz CT molecular complexity index is 595. The number of aliphatic hydroxyl groups is 1. The number of nitrogens with one attached hydrogen (secondary N) is 1.